The first kappa shape index (κ1) is 12.3. The Bertz CT molecular complexity index is 595. The van der Waals surface area contributed by atoms with E-state index in [9.17, 15) is 4.79 Å². The van der Waals surface area contributed by atoms with Gasteiger partial charge in [-0.15, -0.1) is 0 Å². The number of benzene rings is 2. The summed E-state index contributed by atoms with van der Waals surface area (Å²) < 4.78 is 4.67. The lowest BCUT2D eigenvalue weighted by Crippen LogP contribution is -2.13. The zero-order valence-electron chi connectivity index (χ0n) is 9.34. The summed E-state index contributed by atoms with van der Waals surface area (Å²) in [5, 5.41) is 11.2. The average Bonchev–Trinajstić information content (AvgIpc) is 2.37. The lowest BCUT2D eigenvalue weighted by molar-refractivity contribution is 0.223. The van der Waals surface area contributed by atoms with E-state index in [1.165, 1.54) is 0 Å². The summed E-state index contributed by atoms with van der Waals surface area (Å²) in [6, 6.07) is 13.3. The van der Waals surface area contributed by atoms with Crippen LogP contribution in [0.4, 0.5) is 10.5 Å². The van der Waals surface area contributed by atoms with Crippen molar-refractivity contribution in [2.75, 3.05) is 5.32 Å². The molecule has 0 aliphatic heterocycles. The predicted molar refractivity (Wildman–Crippen MR) is 73.6 cm³/mol. The minimum atomic E-state index is -0.661. The third-order valence-electron chi connectivity index (χ3n) is 2.23. The van der Waals surface area contributed by atoms with E-state index in [0.717, 1.165) is 10.8 Å². The molecule has 0 aromatic heterocycles. The van der Waals surface area contributed by atoms with Gasteiger partial charge in [0.25, 0.3) is 0 Å². The Labute approximate surface area is 108 Å². The summed E-state index contributed by atoms with van der Waals surface area (Å²) in [5.41, 5.74) is 5.72. The van der Waals surface area contributed by atoms with Crippen molar-refractivity contribution in [3.05, 3.63) is 42.5 Å². The smallest absolute Gasteiger partial charge is 0.376 e. The Hall–Kier alpha value is -2.21. The molecule has 0 atom stereocenters. The van der Waals surface area contributed by atoms with E-state index >= 15 is 0 Å². The largest absolute Gasteiger partial charge is 0.424 e. The second kappa shape index (κ2) is 5.42. The molecule has 0 saturated carbocycles. The number of nitrogens with two attached hydrogens (primary N) is 1. The van der Waals surface area contributed by atoms with Crippen LogP contribution in [-0.4, -0.2) is 11.3 Å². The van der Waals surface area contributed by atoms with Crippen LogP contribution in [0.1, 0.15) is 0 Å². The van der Waals surface area contributed by atoms with E-state index in [0.29, 0.717) is 17.7 Å². The van der Waals surface area contributed by atoms with Crippen molar-refractivity contribution >= 4 is 39.8 Å². The molecule has 0 heterocycles. The molecular weight excluding hydrogens is 250 g/mol. The fraction of sp³-hybridized carbons (Fsp3) is 0. The molecule has 92 valence electrons. The van der Waals surface area contributed by atoms with E-state index in [-0.39, 0.29) is 5.17 Å². The molecule has 0 aliphatic rings. The number of carbonyl (C=O) groups excluding carboxylic acids is 1. The second-order valence-corrected chi connectivity index (χ2v) is 4.24. The zero-order valence-corrected chi connectivity index (χ0v) is 10.2. The normalized spacial score (nSPS) is 10.0. The maximum atomic E-state index is 11.5. The number of nitrogens with one attached hydrogen (secondary N) is 2. The van der Waals surface area contributed by atoms with Gasteiger partial charge in [-0.2, -0.15) is 0 Å². The van der Waals surface area contributed by atoms with E-state index in [1.54, 1.807) is 6.07 Å². The van der Waals surface area contributed by atoms with Gasteiger partial charge < -0.3 is 9.92 Å². The summed E-state index contributed by atoms with van der Waals surface area (Å²) in [4.78, 5) is 11.5. The molecule has 0 saturated heterocycles. The summed E-state index contributed by atoms with van der Waals surface area (Å²) in [6.07, 6.45) is -0.661. The van der Waals surface area contributed by atoms with Gasteiger partial charge in [-0.3, -0.25) is 10.7 Å². The maximum Gasteiger partial charge on any atom is 0.424 e. The van der Waals surface area contributed by atoms with Crippen LogP contribution in [0.3, 0.4) is 0 Å². The van der Waals surface area contributed by atoms with E-state index in [1.807, 2.05) is 36.4 Å². The zero-order chi connectivity index (χ0) is 13.0. The number of rotatable bonds is 1. The molecule has 2 rings (SSSR count). The van der Waals surface area contributed by atoms with E-state index < -0.39 is 6.09 Å². The van der Waals surface area contributed by atoms with Crippen LogP contribution in [0.5, 0.6) is 0 Å². The first-order chi connectivity index (χ1) is 8.66. The van der Waals surface area contributed by atoms with Gasteiger partial charge in [0.05, 0.1) is 5.69 Å². The molecule has 4 N–H and O–H groups in total. The molecule has 1 amide bonds. The topological polar surface area (TPSA) is 88.2 Å². The summed E-state index contributed by atoms with van der Waals surface area (Å²) in [7, 11) is 0. The predicted octanol–water partition coefficient (Wildman–Crippen LogP) is 2.93. The monoisotopic (exact) mass is 261 g/mol. The van der Waals surface area contributed by atoms with Gasteiger partial charge in [0.15, 0.2) is 5.17 Å². The van der Waals surface area contributed by atoms with Crippen LogP contribution in [0, 0.1) is 5.41 Å². The Balaban J connectivity index is 2.16. The van der Waals surface area contributed by atoms with Crippen LogP contribution in [0.2, 0.25) is 0 Å². The van der Waals surface area contributed by atoms with Gasteiger partial charge in [0.1, 0.15) is 12.0 Å². The highest BCUT2D eigenvalue weighted by atomic mass is 32.2. The number of amidine groups is 1. The molecule has 0 bridgehead atoms. The molecule has 5 nitrogen and oxygen atoms in total. The van der Waals surface area contributed by atoms with Crippen molar-refractivity contribution in [1.82, 2.24) is 0 Å². The van der Waals surface area contributed by atoms with Crippen molar-refractivity contribution in [3.63, 3.8) is 0 Å². The number of hydrogen-bond acceptors (Lipinski definition) is 4. The summed E-state index contributed by atoms with van der Waals surface area (Å²) in [6.45, 7) is 0. The molecule has 0 unspecified atom stereocenters. The molecule has 0 radical (unpaired) electrons. The SMILES string of the molecule is N=C(N)SOC(=O)Nc1cccc2ccccc12. The van der Waals surface area contributed by atoms with E-state index in [2.05, 4.69) is 9.50 Å². The van der Waals surface area contributed by atoms with Crippen molar-refractivity contribution in [2.24, 2.45) is 5.73 Å². The van der Waals surface area contributed by atoms with Gasteiger partial charge in [0, 0.05) is 5.39 Å². The third kappa shape index (κ3) is 2.92. The van der Waals surface area contributed by atoms with Gasteiger partial charge in [-0.05, 0) is 11.5 Å². The maximum absolute atomic E-state index is 11.5. The molecule has 2 aromatic carbocycles. The standard InChI is InChI=1S/C12H11N3O2S/c13-11(14)18-17-12(16)15-10-7-3-5-8-4-1-2-6-9(8)10/h1-7H,(H3,13,14)(H,15,16). The summed E-state index contributed by atoms with van der Waals surface area (Å²) in [5.74, 6) is 0. The lowest BCUT2D eigenvalue weighted by Gasteiger charge is -2.07. The highest BCUT2D eigenvalue weighted by Gasteiger charge is 2.07. The van der Waals surface area contributed by atoms with Gasteiger partial charge in [-0.1, -0.05) is 36.4 Å². The Morgan fingerprint density at radius 1 is 1.22 bits per heavy atom. The molecule has 0 fully saturated rings. The highest BCUT2D eigenvalue weighted by molar-refractivity contribution is 8.09. The van der Waals surface area contributed by atoms with Crippen molar-refractivity contribution < 1.29 is 8.98 Å². The molecular formula is C12H11N3O2S. The first-order valence-corrected chi connectivity index (χ1v) is 5.88. The van der Waals surface area contributed by atoms with Crippen LogP contribution in [-0.2, 0) is 4.18 Å². The highest BCUT2D eigenvalue weighted by Crippen LogP contribution is 2.23. The quantitative estimate of drug-likeness (QED) is 0.418. The first-order valence-electron chi connectivity index (χ1n) is 5.14. The lowest BCUT2D eigenvalue weighted by atomic mass is 10.1. The number of anilines is 1. The Morgan fingerprint density at radius 2 is 1.94 bits per heavy atom. The van der Waals surface area contributed by atoms with Crippen LogP contribution in [0.15, 0.2) is 42.5 Å². The van der Waals surface area contributed by atoms with Crippen LogP contribution < -0.4 is 11.1 Å². The number of carbonyl (C=O) groups is 1. The second-order valence-electron chi connectivity index (χ2n) is 3.47. The number of fused-ring (bicyclic) bond motifs is 1. The fourth-order valence-electron chi connectivity index (χ4n) is 1.55. The Kier molecular flexibility index (Phi) is 3.69. The van der Waals surface area contributed by atoms with Crippen LogP contribution in [0.25, 0.3) is 10.8 Å². The van der Waals surface area contributed by atoms with Gasteiger partial charge in [-0.25, -0.2) is 4.79 Å². The number of amides is 1. The minimum absolute atomic E-state index is 0.275. The fourth-order valence-corrected chi connectivity index (χ4v) is 1.76. The molecule has 0 aliphatic carbocycles. The van der Waals surface area contributed by atoms with Crippen molar-refractivity contribution in [2.45, 2.75) is 0 Å². The molecule has 18 heavy (non-hydrogen) atoms. The Morgan fingerprint density at radius 3 is 2.72 bits per heavy atom. The third-order valence-corrected chi connectivity index (χ3v) is 2.65. The van der Waals surface area contributed by atoms with Crippen molar-refractivity contribution in [3.8, 4) is 0 Å². The van der Waals surface area contributed by atoms with Crippen molar-refractivity contribution in [1.29, 1.82) is 5.41 Å². The van der Waals surface area contributed by atoms with Gasteiger partial charge in [0.2, 0.25) is 0 Å². The minimum Gasteiger partial charge on any atom is -0.376 e. The molecule has 0 spiro atoms. The van der Waals surface area contributed by atoms with Crippen LogP contribution >= 0.6 is 12.0 Å². The number of hydrogen-bond donors (Lipinski definition) is 3. The average molecular weight is 261 g/mol. The molecule has 2 aromatic rings. The molecule has 6 heteroatoms. The van der Waals surface area contributed by atoms with Gasteiger partial charge >= 0.3 is 6.09 Å². The van der Waals surface area contributed by atoms with E-state index in [4.69, 9.17) is 11.1 Å². The summed E-state index contributed by atoms with van der Waals surface area (Å²) >= 11 is 0.513.